The Kier molecular flexibility index (Phi) is 2.93. The van der Waals surface area contributed by atoms with E-state index in [0.29, 0.717) is 17.1 Å². The molecule has 0 bridgehead atoms. The number of aromatic nitrogens is 3. The fourth-order valence-corrected chi connectivity index (χ4v) is 1.80. The highest BCUT2D eigenvalue weighted by molar-refractivity contribution is 5.68. The minimum atomic E-state index is -4.42. The van der Waals surface area contributed by atoms with Gasteiger partial charge in [0.2, 0.25) is 0 Å². The summed E-state index contributed by atoms with van der Waals surface area (Å²) >= 11 is 0. The van der Waals surface area contributed by atoms with Crippen LogP contribution in [0.4, 0.5) is 18.9 Å². The standard InChI is InChI=1S/C13H9F3N4O/c14-13(15,16)8-3-4-11(18-6-8)20-7-9(17)12(19-20)10-2-1-5-21-10/h1-7H,17H2. The number of hydrogen-bond acceptors (Lipinski definition) is 4. The summed E-state index contributed by atoms with van der Waals surface area (Å²) < 4.78 is 43.9. The van der Waals surface area contributed by atoms with Crippen LogP contribution in [0, 0.1) is 0 Å². The molecule has 0 aliphatic heterocycles. The van der Waals surface area contributed by atoms with Gasteiger partial charge in [-0.2, -0.15) is 18.3 Å². The molecule has 8 heteroatoms. The molecular formula is C13H9F3N4O. The predicted molar refractivity (Wildman–Crippen MR) is 68.5 cm³/mol. The lowest BCUT2D eigenvalue weighted by Crippen LogP contribution is -2.07. The van der Waals surface area contributed by atoms with Gasteiger partial charge in [0.15, 0.2) is 17.3 Å². The molecule has 3 aromatic heterocycles. The molecule has 0 amide bonds. The van der Waals surface area contributed by atoms with Crippen molar-refractivity contribution in [1.29, 1.82) is 0 Å². The Labute approximate surface area is 116 Å². The Morgan fingerprint density at radius 2 is 2.00 bits per heavy atom. The van der Waals surface area contributed by atoms with Crippen LogP contribution >= 0.6 is 0 Å². The highest BCUT2D eigenvalue weighted by Gasteiger charge is 2.30. The van der Waals surface area contributed by atoms with Crippen molar-refractivity contribution in [2.24, 2.45) is 0 Å². The maximum absolute atomic E-state index is 12.5. The monoisotopic (exact) mass is 294 g/mol. The van der Waals surface area contributed by atoms with E-state index in [-0.39, 0.29) is 5.82 Å². The van der Waals surface area contributed by atoms with E-state index in [0.717, 1.165) is 12.3 Å². The molecule has 0 unspecified atom stereocenters. The van der Waals surface area contributed by atoms with Crippen LogP contribution in [0.1, 0.15) is 5.56 Å². The average Bonchev–Trinajstić information content (AvgIpc) is 3.07. The van der Waals surface area contributed by atoms with Crippen molar-refractivity contribution >= 4 is 5.69 Å². The lowest BCUT2D eigenvalue weighted by Gasteiger charge is -2.06. The predicted octanol–water partition coefficient (Wildman–Crippen LogP) is 3.13. The van der Waals surface area contributed by atoms with Gasteiger partial charge >= 0.3 is 6.18 Å². The van der Waals surface area contributed by atoms with Crippen LogP contribution in [-0.4, -0.2) is 14.8 Å². The van der Waals surface area contributed by atoms with Gasteiger partial charge in [-0.3, -0.25) is 0 Å². The van der Waals surface area contributed by atoms with Gasteiger partial charge in [-0.15, -0.1) is 0 Å². The van der Waals surface area contributed by atoms with Crippen LogP contribution in [0.2, 0.25) is 0 Å². The van der Waals surface area contributed by atoms with E-state index >= 15 is 0 Å². The molecule has 3 aromatic rings. The molecule has 0 spiro atoms. The number of pyridine rings is 1. The molecule has 0 aliphatic rings. The first kappa shape index (κ1) is 13.2. The quantitative estimate of drug-likeness (QED) is 0.788. The van der Waals surface area contributed by atoms with E-state index in [9.17, 15) is 13.2 Å². The summed E-state index contributed by atoms with van der Waals surface area (Å²) in [5.41, 5.74) is 5.74. The van der Waals surface area contributed by atoms with Crippen LogP contribution < -0.4 is 5.73 Å². The van der Waals surface area contributed by atoms with Crippen LogP contribution in [0.25, 0.3) is 17.3 Å². The summed E-state index contributed by atoms with van der Waals surface area (Å²) in [7, 11) is 0. The van der Waals surface area contributed by atoms with Crippen LogP contribution in [0.5, 0.6) is 0 Å². The summed E-state index contributed by atoms with van der Waals surface area (Å²) in [5, 5.41) is 4.17. The number of nitrogens with two attached hydrogens (primary N) is 1. The van der Waals surface area contributed by atoms with Gasteiger partial charge < -0.3 is 10.2 Å². The number of halogens is 3. The van der Waals surface area contributed by atoms with E-state index in [1.54, 1.807) is 12.1 Å². The Morgan fingerprint density at radius 1 is 1.19 bits per heavy atom. The van der Waals surface area contributed by atoms with E-state index in [4.69, 9.17) is 10.2 Å². The molecule has 0 atom stereocenters. The van der Waals surface area contributed by atoms with Gasteiger partial charge in [0, 0.05) is 6.20 Å². The van der Waals surface area contributed by atoms with Gasteiger partial charge in [0.25, 0.3) is 0 Å². The van der Waals surface area contributed by atoms with Crippen LogP contribution in [0.15, 0.2) is 47.3 Å². The normalized spacial score (nSPS) is 11.8. The minimum absolute atomic E-state index is 0.229. The highest BCUT2D eigenvalue weighted by atomic mass is 19.4. The van der Waals surface area contributed by atoms with E-state index < -0.39 is 11.7 Å². The summed E-state index contributed by atoms with van der Waals surface area (Å²) in [5.74, 6) is 0.700. The van der Waals surface area contributed by atoms with Gasteiger partial charge in [-0.25, -0.2) is 9.67 Å². The molecule has 0 aliphatic carbocycles. The van der Waals surface area contributed by atoms with Crippen molar-refractivity contribution < 1.29 is 17.6 Å². The zero-order chi connectivity index (χ0) is 15.0. The molecule has 0 saturated carbocycles. The second kappa shape index (κ2) is 4.65. The first-order valence-electron chi connectivity index (χ1n) is 5.88. The lowest BCUT2D eigenvalue weighted by molar-refractivity contribution is -0.137. The summed E-state index contributed by atoms with van der Waals surface area (Å²) in [6, 6.07) is 5.53. The third kappa shape index (κ3) is 2.47. The van der Waals surface area contributed by atoms with Crippen LogP contribution in [0.3, 0.4) is 0 Å². The zero-order valence-electron chi connectivity index (χ0n) is 10.5. The van der Waals surface area contributed by atoms with Gasteiger partial charge in [-0.05, 0) is 24.3 Å². The van der Waals surface area contributed by atoms with Gasteiger partial charge in [0.05, 0.1) is 23.7 Å². The molecule has 0 saturated heterocycles. The minimum Gasteiger partial charge on any atom is -0.463 e. The molecule has 108 valence electrons. The molecule has 3 heterocycles. The number of anilines is 1. The molecule has 5 nitrogen and oxygen atoms in total. The Bertz CT molecular complexity index is 745. The third-order valence-corrected chi connectivity index (χ3v) is 2.81. The van der Waals surface area contributed by atoms with Gasteiger partial charge in [0.1, 0.15) is 0 Å². The maximum Gasteiger partial charge on any atom is 0.417 e. The SMILES string of the molecule is Nc1cn(-c2ccc(C(F)(F)F)cn2)nc1-c1ccco1. The number of nitrogen functional groups attached to an aromatic ring is 1. The zero-order valence-corrected chi connectivity index (χ0v) is 10.5. The molecule has 3 rings (SSSR count). The smallest absolute Gasteiger partial charge is 0.417 e. The van der Waals surface area contributed by atoms with Crippen molar-refractivity contribution in [2.75, 3.05) is 5.73 Å². The Morgan fingerprint density at radius 3 is 2.57 bits per heavy atom. The molecule has 0 aromatic carbocycles. The Balaban J connectivity index is 1.96. The average molecular weight is 294 g/mol. The number of nitrogens with zero attached hydrogens (tertiary/aromatic N) is 3. The van der Waals surface area contributed by atoms with Crippen LogP contribution in [-0.2, 0) is 6.18 Å². The van der Waals surface area contributed by atoms with Crippen molar-refractivity contribution in [1.82, 2.24) is 14.8 Å². The molecular weight excluding hydrogens is 285 g/mol. The van der Waals surface area contributed by atoms with E-state index in [1.807, 2.05) is 0 Å². The summed E-state index contributed by atoms with van der Waals surface area (Å²) in [6.07, 6.45) is -0.731. The fourth-order valence-electron chi connectivity index (χ4n) is 1.80. The molecule has 21 heavy (non-hydrogen) atoms. The number of rotatable bonds is 2. The second-order valence-electron chi connectivity index (χ2n) is 4.26. The molecule has 0 fully saturated rings. The highest BCUT2D eigenvalue weighted by Crippen LogP contribution is 2.29. The van der Waals surface area contributed by atoms with E-state index in [2.05, 4.69) is 10.1 Å². The number of hydrogen-bond donors (Lipinski definition) is 1. The number of furan rings is 1. The first-order chi connectivity index (χ1) is 9.95. The second-order valence-corrected chi connectivity index (χ2v) is 4.26. The first-order valence-corrected chi connectivity index (χ1v) is 5.88. The van der Waals surface area contributed by atoms with E-state index in [1.165, 1.54) is 23.2 Å². The summed E-state index contributed by atoms with van der Waals surface area (Å²) in [6.45, 7) is 0. The maximum atomic E-state index is 12.5. The largest absolute Gasteiger partial charge is 0.463 e. The topological polar surface area (TPSA) is 69.9 Å². The Hall–Kier alpha value is -2.77. The van der Waals surface area contributed by atoms with Crippen molar-refractivity contribution in [3.05, 3.63) is 48.5 Å². The van der Waals surface area contributed by atoms with Crippen molar-refractivity contribution in [2.45, 2.75) is 6.18 Å². The van der Waals surface area contributed by atoms with Crippen molar-refractivity contribution in [3.63, 3.8) is 0 Å². The van der Waals surface area contributed by atoms with Gasteiger partial charge in [-0.1, -0.05) is 0 Å². The number of alkyl halides is 3. The molecule has 2 N–H and O–H groups in total. The van der Waals surface area contributed by atoms with Crippen molar-refractivity contribution in [3.8, 4) is 17.3 Å². The lowest BCUT2D eigenvalue weighted by atomic mass is 10.3. The molecule has 0 radical (unpaired) electrons. The summed E-state index contributed by atoms with van der Waals surface area (Å²) in [4.78, 5) is 3.75. The third-order valence-electron chi connectivity index (χ3n) is 2.81. The fraction of sp³-hybridized carbons (Fsp3) is 0.0769.